The molecule has 2 aromatic rings. The maximum absolute atomic E-state index is 13.3. The Morgan fingerprint density at radius 1 is 1.40 bits per heavy atom. The van der Waals surface area contributed by atoms with Gasteiger partial charge in [0, 0.05) is 6.20 Å². The number of rotatable bonds is 4. The third-order valence-electron chi connectivity index (χ3n) is 2.63. The summed E-state index contributed by atoms with van der Waals surface area (Å²) in [4.78, 5) is 22.6. The molecule has 0 saturated carbocycles. The maximum atomic E-state index is 13.3. The molecule has 0 aliphatic heterocycles. The van der Waals surface area contributed by atoms with Crippen LogP contribution in [0.4, 0.5) is 10.1 Å². The van der Waals surface area contributed by atoms with Crippen LogP contribution in [0.25, 0.3) is 0 Å². The SMILES string of the molecule is Cc1nn(CC(=O)Nc2ccccc2F)cc1C(=O)O. The number of hydrogen-bond acceptors (Lipinski definition) is 3. The average molecular weight is 277 g/mol. The van der Waals surface area contributed by atoms with Crippen LogP contribution in [0, 0.1) is 12.7 Å². The molecule has 104 valence electrons. The first-order chi connectivity index (χ1) is 9.47. The Balaban J connectivity index is 2.07. The number of carboxylic acids is 1. The molecule has 1 aromatic carbocycles. The Morgan fingerprint density at radius 3 is 2.70 bits per heavy atom. The molecule has 1 amide bonds. The number of carbonyl (C=O) groups is 2. The monoisotopic (exact) mass is 277 g/mol. The number of amides is 1. The predicted octanol–water partition coefficient (Wildman–Crippen LogP) is 1.67. The number of aromatic carboxylic acids is 1. The van der Waals surface area contributed by atoms with Gasteiger partial charge in [-0.15, -0.1) is 0 Å². The Kier molecular flexibility index (Phi) is 3.79. The lowest BCUT2D eigenvalue weighted by Gasteiger charge is -2.06. The zero-order valence-corrected chi connectivity index (χ0v) is 10.6. The van der Waals surface area contributed by atoms with Crippen LogP contribution < -0.4 is 5.32 Å². The van der Waals surface area contributed by atoms with Gasteiger partial charge in [0.15, 0.2) is 0 Å². The normalized spacial score (nSPS) is 10.3. The van der Waals surface area contributed by atoms with Crippen molar-refractivity contribution < 1.29 is 19.1 Å². The molecule has 0 fully saturated rings. The summed E-state index contributed by atoms with van der Waals surface area (Å²) in [6.07, 6.45) is 1.26. The number of carbonyl (C=O) groups excluding carboxylic acids is 1. The molecule has 6 nitrogen and oxygen atoms in total. The first-order valence-electron chi connectivity index (χ1n) is 5.79. The fourth-order valence-electron chi connectivity index (χ4n) is 1.71. The zero-order chi connectivity index (χ0) is 14.7. The van der Waals surface area contributed by atoms with Crippen LogP contribution in [0.1, 0.15) is 16.1 Å². The molecule has 1 aromatic heterocycles. The molecule has 2 rings (SSSR count). The van der Waals surface area contributed by atoms with E-state index in [0.717, 1.165) is 0 Å². The summed E-state index contributed by atoms with van der Waals surface area (Å²) in [5.41, 5.74) is 0.416. The van der Waals surface area contributed by atoms with Crippen molar-refractivity contribution in [3.05, 3.63) is 47.5 Å². The molecule has 0 unspecified atom stereocenters. The number of nitrogens with one attached hydrogen (secondary N) is 1. The summed E-state index contributed by atoms with van der Waals surface area (Å²) in [7, 11) is 0. The van der Waals surface area contributed by atoms with E-state index in [1.807, 2.05) is 0 Å². The lowest BCUT2D eigenvalue weighted by molar-refractivity contribution is -0.116. The van der Waals surface area contributed by atoms with Crippen LogP contribution in [0.2, 0.25) is 0 Å². The van der Waals surface area contributed by atoms with E-state index in [-0.39, 0.29) is 17.8 Å². The maximum Gasteiger partial charge on any atom is 0.339 e. The highest BCUT2D eigenvalue weighted by Crippen LogP contribution is 2.12. The van der Waals surface area contributed by atoms with Crippen molar-refractivity contribution in [1.82, 2.24) is 9.78 Å². The van der Waals surface area contributed by atoms with Gasteiger partial charge in [-0.1, -0.05) is 12.1 Å². The summed E-state index contributed by atoms with van der Waals surface area (Å²) in [6.45, 7) is 1.34. The largest absolute Gasteiger partial charge is 0.478 e. The molecule has 20 heavy (non-hydrogen) atoms. The van der Waals surface area contributed by atoms with E-state index < -0.39 is 17.7 Å². The van der Waals surface area contributed by atoms with Gasteiger partial charge in [0.05, 0.1) is 11.4 Å². The number of anilines is 1. The molecule has 0 saturated heterocycles. The second kappa shape index (κ2) is 5.52. The highest BCUT2D eigenvalue weighted by atomic mass is 19.1. The molecule has 1 heterocycles. The van der Waals surface area contributed by atoms with Gasteiger partial charge < -0.3 is 10.4 Å². The summed E-state index contributed by atoms with van der Waals surface area (Å²) >= 11 is 0. The molecular formula is C13H12FN3O3. The molecule has 0 spiro atoms. The predicted molar refractivity (Wildman–Crippen MR) is 69.0 cm³/mol. The third kappa shape index (κ3) is 3.00. The van der Waals surface area contributed by atoms with Crippen LogP contribution in [-0.4, -0.2) is 26.8 Å². The summed E-state index contributed by atoms with van der Waals surface area (Å²) in [5, 5.41) is 15.2. The van der Waals surface area contributed by atoms with Crippen LogP contribution in [0.15, 0.2) is 30.5 Å². The van der Waals surface area contributed by atoms with Crippen LogP contribution >= 0.6 is 0 Å². The minimum Gasteiger partial charge on any atom is -0.478 e. The Labute approximate surface area is 113 Å². The molecule has 0 aliphatic rings. The second-order valence-corrected chi connectivity index (χ2v) is 4.16. The smallest absolute Gasteiger partial charge is 0.339 e. The number of aromatic nitrogens is 2. The molecule has 0 aliphatic carbocycles. The fraction of sp³-hybridized carbons (Fsp3) is 0.154. The lowest BCUT2D eigenvalue weighted by Crippen LogP contribution is -2.19. The van der Waals surface area contributed by atoms with Crippen molar-refractivity contribution in [2.45, 2.75) is 13.5 Å². The van der Waals surface area contributed by atoms with Crippen molar-refractivity contribution in [3.63, 3.8) is 0 Å². The quantitative estimate of drug-likeness (QED) is 0.890. The number of para-hydroxylation sites is 1. The van der Waals surface area contributed by atoms with Crippen LogP contribution in [0.5, 0.6) is 0 Å². The lowest BCUT2D eigenvalue weighted by atomic mass is 10.3. The standard InChI is InChI=1S/C13H12FN3O3/c1-8-9(13(19)20)6-17(16-8)7-12(18)15-11-5-3-2-4-10(11)14/h2-6H,7H2,1H3,(H,15,18)(H,19,20). The fourth-order valence-corrected chi connectivity index (χ4v) is 1.71. The van der Waals surface area contributed by atoms with Gasteiger partial charge in [0.1, 0.15) is 17.9 Å². The first kappa shape index (κ1) is 13.7. The van der Waals surface area contributed by atoms with Gasteiger partial charge in [-0.3, -0.25) is 9.48 Å². The number of nitrogens with zero attached hydrogens (tertiary/aromatic N) is 2. The summed E-state index contributed by atoms with van der Waals surface area (Å²) in [6, 6.07) is 5.78. The average Bonchev–Trinajstić information content (AvgIpc) is 2.73. The van der Waals surface area contributed by atoms with E-state index in [1.165, 1.54) is 36.0 Å². The summed E-state index contributed by atoms with van der Waals surface area (Å²) < 4.78 is 14.6. The Bertz CT molecular complexity index is 667. The van der Waals surface area contributed by atoms with Gasteiger partial charge in [-0.2, -0.15) is 5.10 Å². The summed E-state index contributed by atoms with van der Waals surface area (Å²) in [5.74, 6) is -2.14. The minimum atomic E-state index is -1.11. The highest BCUT2D eigenvalue weighted by molar-refractivity contribution is 5.91. The number of hydrogen-bond donors (Lipinski definition) is 2. The van der Waals surface area contributed by atoms with Crippen molar-refractivity contribution in [2.75, 3.05) is 5.32 Å². The molecule has 0 radical (unpaired) electrons. The molecular weight excluding hydrogens is 265 g/mol. The Morgan fingerprint density at radius 2 is 2.10 bits per heavy atom. The van der Waals surface area contributed by atoms with E-state index in [4.69, 9.17) is 5.11 Å². The number of halogens is 1. The first-order valence-corrected chi connectivity index (χ1v) is 5.79. The second-order valence-electron chi connectivity index (χ2n) is 4.16. The molecule has 2 N–H and O–H groups in total. The van der Waals surface area contributed by atoms with Gasteiger partial charge >= 0.3 is 5.97 Å². The molecule has 0 atom stereocenters. The molecule has 7 heteroatoms. The van der Waals surface area contributed by atoms with Crippen molar-refractivity contribution in [1.29, 1.82) is 0 Å². The number of benzene rings is 1. The van der Waals surface area contributed by atoms with Gasteiger partial charge in [0.2, 0.25) is 5.91 Å². The van der Waals surface area contributed by atoms with Crippen molar-refractivity contribution in [3.8, 4) is 0 Å². The third-order valence-corrected chi connectivity index (χ3v) is 2.63. The van der Waals surface area contributed by atoms with E-state index >= 15 is 0 Å². The van der Waals surface area contributed by atoms with E-state index in [0.29, 0.717) is 5.69 Å². The van der Waals surface area contributed by atoms with Gasteiger partial charge in [-0.25, -0.2) is 9.18 Å². The minimum absolute atomic E-state index is 0.0312. The van der Waals surface area contributed by atoms with Crippen molar-refractivity contribution >= 4 is 17.6 Å². The van der Waals surface area contributed by atoms with E-state index in [1.54, 1.807) is 6.07 Å². The number of aryl methyl sites for hydroxylation is 1. The topological polar surface area (TPSA) is 84.2 Å². The van der Waals surface area contributed by atoms with Crippen LogP contribution in [-0.2, 0) is 11.3 Å². The Hall–Kier alpha value is -2.70. The van der Waals surface area contributed by atoms with Crippen molar-refractivity contribution in [2.24, 2.45) is 0 Å². The van der Waals surface area contributed by atoms with E-state index in [2.05, 4.69) is 10.4 Å². The van der Waals surface area contributed by atoms with E-state index in [9.17, 15) is 14.0 Å². The highest BCUT2D eigenvalue weighted by Gasteiger charge is 2.14. The van der Waals surface area contributed by atoms with Gasteiger partial charge in [-0.05, 0) is 19.1 Å². The van der Waals surface area contributed by atoms with Gasteiger partial charge in [0.25, 0.3) is 0 Å². The van der Waals surface area contributed by atoms with Crippen LogP contribution in [0.3, 0.4) is 0 Å². The molecule has 0 bridgehead atoms. The zero-order valence-electron chi connectivity index (χ0n) is 10.6. The number of carboxylic acid groups (broad SMARTS) is 1.